The summed E-state index contributed by atoms with van der Waals surface area (Å²) in [4.78, 5) is 34.4. The lowest BCUT2D eigenvalue weighted by Gasteiger charge is -2.35. The fourth-order valence-corrected chi connectivity index (χ4v) is 9.00. The molecule has 57 heavy (non-hydrogen) atoms. The van der Waals surface area contributed by atoms with E-state index in [0.29, 0.717) is 47.9 Å². The van der Waals surface area contributed by atoms with E-state index in [0.717, 1.165) is 77.5 Å². The van der Waals surface area contributed by atoms with Crippen LogP contribution in [0.5, 0.6) is 5.75 Å². The summed E-state index contributed by atoms with van der Waals surface area (Å²) in [7, 11) is 1.92. The van der Waals surface area contributed by atoms with Gasteiger partial charge in [-0.25, -0.2) is 4.79 Å². The van der Waals surface area contributed by atoms with Crippen molar-refractivity contribution >= 4 is 62.6 Å². The average Bonchev–Trinajstić information content (AvgIpc) is 3.79. The van der Waals surface area contributed by atoms with E-state index in [4.69, 9.17) is 33.0 Å². The first-order chi connectivity index (χ1) is 27.2. The Labute approximate surface area is 341 Å². The highest BCUT2D eigenvalue weighted by atomic mass is 35.5. The van der Waals surface area contributed by atoms with Gasteiger partial charge < -0.3 is 23.9 Å². The fourth-order valence-electron chi connectivity index (χ4n) is 8.65. The minimum Gasteiger partial charge on any atom is -0.494 e. The number of hydrogen-bond acceptors (Lipinski definition) is 5. The van der Waals surface area contributed by atoms with Gasteiger partial charge >= 0.3 is 5.97 Å². The first-order valence-electron chi connectivity index (χ1n) is 19.1. The molecule has 0 radical (unpaired) electrons. The summed E-state index contributed by atoms with van der Waals surface area (Å²) < 4.78 is 12.0. The number of para-hydroxylation sites is 1. The van der Waals surface area contributed by atoms with Crippen LogP contribution in [0.4, 0.5) is 5.69 Å². The number of rotatable bonds is 10. The van der Waals surface area contributed by atoms with Crippen LogP contribution in [-0.2, 0) is 20.0 Å². The Balaban J connectivity index is 1.28. The molecule has 5 heterocycles. The van der Waals surface area contributed by atoms with Crippen LogP contribution in [0, 0.1) is 34.6 Å². The Kier molecular flexibility index (Phi) is 9.90. The molecule has 0 spiro atoms. The van der Waals surface area contributed by atoms with Gasteiger partial charge in [-0.3, -0.25) is 14.5 Å². The molecule has 0 saturated heterocycles. The molecule has 4 aromatic heterocycles. The molecule has 0 bridgehead atoms. The summed E-state index contributed by atoms with van der Waals surface area (Å²) in [5.74, 6) is -0.470. The predicted octanol–water partition coefficient (Wildman–Crippen LogP) is 10.2. The third kappa shape index (κ3) is 6.54. The number of aromatic carboxylic acids is 1. The van der Waals surface area contributed by atoms with Crippen LogP contribution in [0.3, 0.4) is 0 Å². The number of carboxylic acids is 1. The number of carbonyl (C=O) groups excluding carboxylic acids is 1. The van der Waals surface area contributed by atoms with E-state index in [1.807, 2.05) is 106 Å². The van der Waals surface area contributed by atoms with Crippen LogP contribution in [0.2, 0.25) is 10.0 Å². The molecular formula is C45H44Cl2N6O4. The van der Waals surface area contributed by atoms with E-state index in [1.54, 1.807) is 16.8 Å². The Morgan fingerprint density at radius 3 is 2.40 bits per heavy atom. The van der Waals surface area contributed by atoms with Crippen LogP contribution in [-0.4, -0.2) is 54.0 Å². The van der Waals surface area contributed by atoms with Crippen molar-refractivity contribution < 1.29 is 19.4 Å². The summed E-state index contributed by atoms with van der Waals surface area (Å²) in [6, 6.07) is 18.9. The molecule has 1 aliphatic rings. The van der Waals surface area contributed by atoms with Gasteiger partial charge in [-0.15, -0.1) is 0 Å². The Hall–Kier alpha value is -5.58. The zero-order chi connectivity index (χ0) is 40.4. The van der Waals surface area contributed by atoms with E-state index in [9.17, 15) is 9.90 Å². The molecule has 292 valence electrons. The highest BCUT2D eigenvalue weighted by molar-refractivity contribution is 6.35. The number of halogens is 2. The molecule has 1 N–H and O–H groups in total. The molecule has 1 amide bonds. The summed E-state index contributed by atoms with van der Waals surface area (Å²) in [6.45, 7) is 13.1. The minimum atomic E-state index is -1.05. The van der Waals surface area contributed by atoms with E-state index >= 15 is 4.79 Å². The lowest BCUT2D eigenvalue weighted by Crippen LogP contribution is -2.43. The third-order valence-corrected chi connectivity index (χ3v) is 12.2. The summed E-state index contributed by atoms with van der Waals surface area (Å²) in [6.07, 6.45) is 2.93. The van der Waals surface area contributed by atoms with Crippen molar-refractivity contribution in [1.29, 1.82) is 0 Å². The molecule has 0 fully saturated rings. The Morgan fingerprint density at radius 2 is 1.72 bits per heavy atom. The highest BCUT2D eigenvalue weighted by Crippen LogP contribution is 2.46. The van der Waals surface area contributed by atoms with Gasteiger partial charge in [-0.05, 0) is 119 Å². The number of ether oxygens (including phenoxy) is 1. The lowest BCUT2D eigenvalue weighted by atomic mass is 9.98. The maximum atomic E-state index is 15.4. The number of nitrogens with zero attached hydrogens (tertiary/aromatic N) is 6. The van der Waals surface area contributed by atoms with Gasteiger partial charge in [0.25, 0.3) is 5.91 Å². The fraction of sp³-hybridized carbons (Fsp3) is 0.289. The van der Waals surface area contributed by atoms with Gasteiger partial charge in [0.1, 0.15) is 17.1 Å². The summed E-state index contributed by atoms with van der Waals surface area (Å²) in [5.41, 5.74) is 11.1. The number of carbonyl (C=O) groups is 2. The highest BCUT2D eigenvalue weighted by Gasteiger charge is 2.38. The predicted molar refractivity (Wildman–Crippen MR) is 227 cm³/mol. The monoisotopic (exact) mass is 802 g/mol. The van der Waals surface area contributed by atoms with E-state index in [2.05, 4.69) is 16.5 Å². The average molecular weight is 804 g/mol. The first-order valence-corrected chi connectivity index (χ1v) is 19.8. The number of amides is 1. The van der Waals surface area contributed by atoms with Crippen LogP contribution in [0.25, 0.3) is 32.9 Å². The first kappa shape index (κ1) is 38.3. The Bertz CT molecular complexity index is 2760. The van der Waals surface area contributed by atoms with Crippen molar-refractivity contribution in [3.05, 3.63) is 128 Å². The number of benzene rings is 3. The van der Waals surface area contributed by atoms with Gasteiger partial charge in [0, 0.05) is 58.4 Å². The van der Waals surface area contributed by atoms with Crippen LogP contribution >= 0.6 is 23.2 Å². The minimum absolute atomic E-state index is 0.126. The van der Waals surface area contributed by atoms with Gasteiger partial charge in [0.05, 0.1) is 46.3 Å². The molecule has 7 aromatic rings. The molecule has 1 unspecified atom stereocenters. The molecular weight excluding hydrogens is 759 g/mol. The second-order valence-electron chi connectivity index (χ2n) is 15.2. The quantitative estimate of drug-likeness (QED) is 0.138. The van der Waals surface area contributed by atoms with Crippen LogP contribution in [0.15, 0.2) is 66.9 Å². The van der Waals surface area contributed by atoms with E-state index in [-0.39, 0.29) is 24.2 Å². The zero-order valence-electron chi connectivity index (χ0n) is 33.1. The van der Waals surface area contributed by atoms with Crippen LogP contribution in [0.1, 0.15) is 79.7 Å². The second-order valence-corrected chi connectivity index (χ2v) is 16.0. The molecule has 3 aromatic carbocycles. The number of pyridine rings is 1. The maximum Gasteiger partial charge on any atom is 0.352 e. The lowest BCUT2D eigenvalue weighted by molar-refractivity contribution is 0.0686. The van der Waals surface area contributed by atoms with Crippen molar-refractivity contribution in [2.24, 2.45) is 7.05 Å². The zero-order valence-corrected chi connectivity index (χ0v) is 34.6. The smallest absolute Gasteiger partial charge is 0.352 e. The molecule has 12 heteroatoms. The van der Waals surface area contributed by atoms with Crippen molar-refractivity contribution in [2.75, 3.05) is 18.1 Å². The normalized spacial score (nSPS) is 14.2. The van der Waals surface area contributed by atoms with Gasteiger partial charge in [0.15, 0.2) is 0 Å². The number of anilines is 1. The molecule has 0 aliphatic carbocycles. The molecule has 1 atom stereocenters. The standard InChI is InChI=1S/C45H44Cl2N6O4/c1-24-15-16-48-31(18-24)23-51-37(45(55)56)21-30-10-8-12-36(41(30)51)52-22-27(4)53-42-34(13-14-35(46)39(42)38-28(5)49-50(7)29(38)6)33(43(53)44(52)54)11-9-17-57-32-19-25(2)40(47)26(3)20-32/h8,10,12-16,18-21,27H,9,11,17,22-23H2,1-7H3,(H,55,56). The third-order valence-electron chi connectivity index (χ3n) is 11.3. The van der Waals surface area contributed by atoms with Crippen molar-refractivity contribution in [2.45, 2.75) is 67.0 Å². The molecule has 1 aliphatic heterocycles. The molecule has 8 rings (SSSR count). The maximum absolute atomic E-state index is 15.4. The Morgan fingerprint density at radius 1 is 0.965 bits per heavy atom. The molecule has 10 nitrogen and oxygen atoms in total. The van der Waals surface area contributed by atoms with Gasteiger partial charge in [-0.1, -0.05) is 41.4 Å². The summed E-state index contributed by atoms with van der Waals surface area (Å²) in [5, 5.41) is 18.1. The van der Waals surface area contributed by atoms with E-state index in [1.165, 1.54) is 0 Å². The van der Waals surface area contributed by atoms with Crippen molar-refractivity contribution in [3.8, 4) is 16.9 Å². The second kappa shape index (κ2) is 14.7. The number of aryl methyl sites for hydroxylation is 6. The van der Waals surface area contributed by atoms with Crippen molar-refractivity contribution in [1.82, 2.24) is 23.9 Å². The summed E-state index contributed by atoms with van der Waals surface area (Å²) >= 11 is 13.6. The largest absolute Gasteiger partial charge is 0.494 e. The molecule has 0 saturated carbocycles. The van der Waals surface area contributed by atoms with Crippen LogP contribution < -0.4 is 9.64 Å². The van der Waals surface area contributed by atoms with Gasteiger partial charge in [0.2, 0.25) is 0 Å². The van der Waals surface area contributed by atoms with Crippen molar-refractivity contribution in [3.63, 3.8) is 0 Å². The number of fused-ring (bicyclic) bond motifs is 4. The van der Waals surface area contributed by atoms with E-state index < -0.39 is 5.97 Å². The van der Waals surface area contributed by atoms with Gasteiger partial charge in [-0.2, -0.15) is 5.10 Å². The number of carboxylic acid groups (broad SMARTS) is 1. The SMILES string of the molecule is Cc1ccnc(Cn2c(C(=O)O)cc3cccc(N4CC(C)n5c(c(CCCOc6cc(C)c(Cl)c(C)c6)c6ccc(Cl)c(-c7c(C)nn(C)c7C)c65)C4=O)c32)c1. The number of hydrogen-bond donors (Lipinski definition) is 1. The topological polar surface area (TPSA) is 107 Å². The number of aromatic nitrogens is 5.